The van der Waals surface area contributed by atoms with Gasteiger partial charge < -0.3 is 14.8 Å². The van der Waals surface area contributed by atoms with Crippen LogP contribution >= 0.6 is 11.3 Å². The Hall–Kier alpha value is -4.13. The largest absolute Gasteiger partial charge is 0.332 e. The lowest BCUT2D eigenvalue weighted by atomic mass is 10.1. The molecule has 4 aromatic rings. The predicted octanol–water partition coefficient (Wildman–Crippen LogP) is 1.14. The van der Waals surface area contributed by atoms with E-state index in [2.05, 4.69) is 20.5 Å². The Balaban J connectivity index is 1.23. The Labute approximate surface area is 208 Å². The number of anilines is 2. The maximum atomic E-state index is 12.6. The molecule has 2 amide bonds. The Kier molecular flexibility index (Phi) is 6.00. The molecule has 1 unspecified atom stereocenters. The normalized spacial score (nSPS) is 15.7. The van der Waals surface area contributed by atoms with Gasteiger partial charge in [-0.15, -0.1) is 10.2 Å². The number of benzene rings is 1. The number of carbonyl (C=O) groups excluding carboxylic acids is 2. The van der Waals surface area contributed by atoms with Crippen LogP contribution in [0.4, 0.5) is 10.8 Å². The van der Waals surface area contributed by atoms with Crippen LogP contribution in [0.2, 0.25) is 0 Å². The average Bonchev–Trinajstić information content (AvgIpc) is 3.59. The Morgan fingerprint density at radius 1 is 1.11 bits per heavy atom. The molecular formula is C23H24N8O4S. The number of aromatic nitrogens is 6. The summed E-state index contributed by atoms with van der Waals surface area (Å²) in [5, 5.41) is 12.1. The van der Waals surface area contributed by atoms with E-state index in [1.165, 1.54) is 29.3 Å². The summed E-state index contributed by atoms with van der Waals surface area (Å²) in [6.45, 7) is 2.71. The van der Waals surface area contributed by atoms with Crippen molar-refractivity contribution >= 4 is 45.1 Å². The number of rotatable bonds is 6. The fourth-order valence-corrected chi connectivity index (χ4v) is 5.12. The minimum absolute atomic E-state index is 0.0286. The summed E-state index contributed by atoms with van der Waals surface area (Å²) >= 11 is 1.25. The topological polar surface area (TPSA) is 137 Å². The van der Waals surface area contributed by atoms with Crippen LogP contribution < -0.4 is 21.5 Å². The zero-order valence-electron chi connectivity index (χ0n) is 20.0. The van der Waals surface area contributed by atoms with Gasteiger partial charge in [-0.1, -0.05) is 29.0 Å². The summed E-state index contributed by atoms with van der Waals surface area (Å²) in [6, 6.07) is 7.81. The first kappa shape index (κ1) is 23.6. The molecule has 36 heavy (non-hydrogen) atoms. The zero-order chi connectivity index (χ0) is 25.6. The first-order valence-corrected chi connectivity index (χ1v) is 12.2. The molecule has 1 aromatic carbocycles. The van der Waals surface area contributed by atoms with Crippen LogP contribution in [0.1, 0.15) is 29.3 Å². The van der Waals surface area contributed by atoms with Gasteiger partial charge in [0.15, 0.2) is 11.2 Å². The fourth-order valence-electron chi connectivity index (χ4n) is 4.27. The van der Waals surface area contributed by atoms with Gasteiger partial charge in [0.2, 0.25) is 16.9 Å². The Morgan fingerprint density at radius 2 is 1.86 bits per heavy atom. The number of hydrogen-bond donors (Lipinski definition) is 1. The first-order valence-electron chi connectivity index (χ1n) is 11.3. The number of nitrogens with zero attached hydrogens (tertiary/aromatic N) is 7. The van der Waals surface area contributed by atoms with E-state index in [9.17, 15) is 19.2 Å². The summed E-state index contributed by atoms with van der Waals surface area (Å²) in [5.41, 5.74) is 1.57. The molecule has 1 N–H and O–H groups in total. The molecule has 1 fully saturated rings. The van der Waals surface area contributed by atoms with Gasteiger partial charge in [0.25, 0.3) is 5.56 Å². The number of amides is 2. The molecule has 12 nitrogen and oxygen atoms in total. The molecule has 5 rings (SSSR count). The number of nitrogens with one attached hydrogen (secondary N) is 1. The predicted molar refractivity (Wildman–Crippen MR) is 134 cm³/mol. The van der Waals surface area contributed by atoms with Gasteiger partial charge in [0.05, 0.1) is 6.33 Å². The van der Waals surface area contributed by atoms with Crippen LogP contribution in [0, 0.1) is 6.92 Å². The van der Waals surface area contributed by atoms with Crippen molar-refractivity contribution in [2.24, 2.45) is 14.1 Å². The SMILES string of the molecule is Cc1ccc(N2CC(c3nnc(NC(=O)CCn4cnc5c4c(=O)n(C)c(=O)n5C)s3)CC2=O)cc1. The van der Waals surface area contributed by atoms with Gasteiger partial charge in [0, 0.05) is 51.6 Å². The van der Waals surface area contributed by atoms with Crippen LogP contribution in [0.5, 0.6) is 0 Å². The number of hydrogen-bond acceptors (Lipinski definition) is 8. The average molecular weight is 509 g/mol. The highest BCUT2D eigenvalue weighted by Gasteiger charge is 2.34. The third kappa shape index (κ3) is 4.21. The minimum atomic E-state index is -0.467. The van der Waals surface area contributed by atoms with Crippen molar-refractivity contribution in [2.45, 2.75) is 32.2 Å². The van der Waals surface area contributed by atoms with E-state index in [4.69, 9.17) is 0 Å². The van der Waals surface area contributed by atoms with Gasteiger partial charge in [-0.25, -0.2) is 9.78 Å². The monoisotopic (exact) mass is 508 g/mol. The van der Waals surface area contributed by atoms with Crippen LogP contribution in [0.3, 0.4) is 0 Å². The van der Waals surface area contributed by atoms with Crippen LogP contribution in [-0.4, -0.2) is 47.2 Å². The number of fused-ring (bicyclic) bond motifs is 1. The molecule has 0 saturated carbocycles. The molecule has 13 heteroatoms. The standard InChI is InChI=1S/C23H24N8O4S/c1-13-4-6-15(7-5-13)31-11-14(10-17(31)33)20-26-27-22(36-20)25-16(32)8-9-30-12-24-19-18(30)21(34)29(3)23(35)28(19)2/h4-7,12,14H,8-11H2,1-3H3,(H,25,27,32). The molecule has 0 aliphatic carbocycles. The lowest BCUT2D eigenvalue weighted by Gasteiger charge is -2.16. The second-order valence-corrected chi connectivity index (χ2v) is 9.81. The summed E-state index contributed by atoms with van der Waals surface area (Å²) in [4.78, 5) is 55.7. The molecule has 1 atom stereocenters. The van der Waals surface area contributed by atoms with Crippen LogP contribution in [0.25, 0.3) is 11.2 Å². The maximum Gasteiger partial charge on any atom is 0.332 e. The van der Waals surface area contributed by atoms with Crippen molar-refractivity contribution in [2.75, 3.05) is 16.8 Å². The summed E-state index contributed by atoms with van der Waals surface area (Å²) in [7, 11) is 2.94. The quantitative estimate of drug-likeness (QED) is 0.412. The van der Waals surface area contributed by atoms with Crippen LogP contribution in [-0.2, 0) is 30.2 Å². The fraction of sp³-hybridized carbons (Fsp3) is 0.348. The minimum Gasteiger partial charge on any atom is -0.324 e. The van der Waals surface area contributed by atoms with Crippen molar-refractivity contribution in [3.8, 4) is 0 Å². The summed E-state index contributed by atoms with van der Waals surface area (Å²) < 4.78 is 3.87. The van der Waals surface area contributed by atoms with Crippen molar-refractivity contribution in [1.29, 1.82) is 0 Å². The van der Waals surface area contributed by atoms with E-state index >= 15 is 0 Å². The molecular weight excluding hydrogens is 484 g/mol. The molecule has 0 radical (unpaired) electrons. The van der Waals surface area contributed by atoms with E-state index in [1.807, 2.05) is 31.2 Å². The summed E-state index contributed by atoms with van der Waals surface area (Å²) in [5.74, 6) is -0.368. The van der Waals surface area contributed by atoms with E-state index < -0.39 is 11.2 Å². The molecule has 1 saturated heterocycles. The van der Waals surface area contributed by atoms with Crippen LogP contribution in [0.15, 0.2) is 40.2 Å². The van der Waals surface area contributed by atoms with Gasteiger partial charge in [0.1, 0.15) is 5.01 Å². The number of imidazole rings is 1. The maximum absolute atomic E-state index is 12.6. The molecule has 1 aliphatic rings. The lowest BCUT2D eigenvalue weighted by Crippen LogP contribution is -2.37. The zero-order valence-corrected chi connectivity index (χ0v) is 20.8. The van der Waals surface area contributed by atoms with E-state index in [0.29, 0.717) is 23.1 Å². The highest BCUT2D eigenvalue weighted by molar-refractivity contribution is 7.15. The Bertz CT molecular complexity index is 1600. The molecule has 3 aromatic heterocycles. The third-order valence-corrected chi connectivity index (χ3v) is 7.31. The number of carbonyl (C=O) groups is 2. The van der Waals surface area contributed by atoms with Gasteiger partial charge in [-0.3, -0.25) is 23.5 Å². The third-order valence-electron chi connectivity index (χ3n) is 6.30. The summed E-state index contributed by atoms with van der Waals surface area (Å²) in [6.07, 6.45) is 1.84. The van der Waals surface area contributed by atoms with Crippen molar-refractivity contribution in [3.63, 3.8) is 0 Å². The highest BCUT2D eigenvalue weighted by atomic mass is 32.1. The molecule has 186 valence electrons. The van der Waals surface area contributed by atoms with E-state index in [1.54, 1.807) is 16.5 Å². The van der Waals surface area contributed by atoms with E-state index in [-0.39, 0.29) is 41.9 Å². The van der Waals surface area contributed by atoms with Crippen molar-refractivity contribution in [1.82, 2.24) is 28.9 Å². The highest BCUT2D eigenvalue weighted by Crippen LogP contribution is 2.34. The molecule has 0 spiro atoms. The Morgan fingerprint density at radius 3 is 2.61 bits per heavy atom. The second-order valence-electron chi connectivity index (χ2n) is 8.80. The van der Waals surface area contributed by atoms with Gasteiger partial charge in [-0.05, 0) is 19.1 Å². The smallest absolute Gasteiger partial charge is 0.324 e. The van der Waals surface area contributed by atoms with E-state index in [0.717, 1.165) is 15.8 Å². The molecule has 4 heterocycles. The van der Waals surface area contributed by atoms with Gasteiger partial charge in [-0.2, -0.15) is 0 Å². The first-order chi connectivity index (χ1) is 17.2. The lowest BCUT2D eigenvalue weighted by molar-refractivity contribution is -0.117. The molecule has 0 bridgehead atoms. The molecule has 1 aliphatic heterocycles. The van der Waals surface area contributed by atoms with Crippen molar-refractivity contribution in [3.05, 3.63) is 62.0 Å². The second kappa shape index (κ2) is 9.15. The van der Waals surface area contributed by atoms with Crippen molar-refractivity contribution < 1.29 is 9.59 Å². The number of aryl methyl sites for hydroxylation is 3. The van der Waals surface area contributed by atoms with Gasteiger partial charge >= 0.3 is 5.69 Å².